The van der Waals surface area contributed by atoms with Gasteiger partial charge in [0.15, 0.2) is 0 Å². The maximum Gasteiger partial charge on any atom is 0.240 e. The Hall–Kier alpha value is -1.04. The van der Waals surface area contributed by atoms with Gasteiger partial charge in [-0.05, 0) is 32.1 Å². The van der Waals surface area contributed by atoms with E-state index in [1.165, 1.54) is 32.1 Å². The summed E-state index contributed by atoms with van der Waals surface area (Å²) in [5, 5.41) is 11.9. The van der Waals surface area contributed by atoms with Crippen molar-refractivity contribution in [3.63, 3.8) is 0 Å². The van der Waals surface area contributed by atoms with Crippen molar-refractivity contribution in [1.29, 1.82) is 5.26 Å². The molecule has 0 bridgehead atoms. The van der Waals surface area contributed by atoms with Gasteiger partial charge in [0.1, 0.15) is 5.41 Å². The van der Waals surface area contributed by atoms with Gasteiger partial charge in [0, 0.05) is 6.54 Å². The Morgan fingerprint density at radius 2 is 2.12 bits per heavy atom. The molecule has 0 radical (unpaired) electrons. The van der Waals surface area contributed by atoms with Crippen molar-refractivity contribution in [1.82, 2.24) is 5.32 Å². The SMILES string of the molecule is CCC(C)(C#N)C(=O)NCCCC1CCCC1. The molecule has 1 aliphatic carbocycles. The quantitative estimate of drug-likeness (QED) is 0.721. The average molecular weight is 236 g/mol. The van der Waals surface area contributed by atoms with Crippen LogP contribution in [0.25, 0.3) is 0 Å². The lowest BCUT2D eigenvalue weighted by Crippen LogP contribution is -2.38. The number of hydrogen-bond acceptors (Lipinski definition) is 2. The van der Waals surface area contributed by atoms with E-state index in [1.807, 2.05) is 6.92 Å². The van der Waals surface area contributed by atoms with E-state index in [-0.39, 0.29) is 5.91 Å². The fraction of sp³-hybridized carbons (Fsp3) is 0.857. The minimum Gasteiger partial charge on any atom is -0.355 e. The van der Waals surface area contributed by atoms with Crippen LogP contribution in [0.3, 0.4) is 0 Å². The van der Waals surface area contributed by atoms with Crippen LogP contribution in [0.4, 0.5) is 0 Å². The molecule has 3 heteroatoms. The molecule has 1 atom stereocenters. The van der Waals surface area contributed by atoms with Crippen molar-refractivity contribution in [2.24, 2.45) is 11.3 Å². The number of amides is 1. The van der Waals surface area contributed by atoms with Gasteiger partial charge >= 0.3 is 0 Å². The lowest BCUT2D eigenvalue weighted by Gasteiger charge is -2.18. The van der Waals surface area contributed by atoms with Crippen molar-refractivity contribution in [2.75, 3.05) is 6.54 Å². The number of carbonyl (C=O) groups is 1. The molecular weight excluding hydrogens is 212 g/mol. The highest BCUT2D eigenvalue weighted by Gasteiger charge is 2.30. The van der Waals surface area contributed by atoms with Crippen LogP contribution in [0.15, 0.2) is 0 Å². The predicted octanol–water partition coefficient (Wildman–Crippen LogP) is 3.01. The average Bonchev–Trinajstić information content (AvgIpc) is 2.86. The van der Waals surface area contributed by atoms with Crippen LogP contribution in [0.5, 0.6) is 0 Å². The highest BCUT2D eigenvalue weighted by Crippen LogP contribution is 2.28. The van der Waals surface area contributed by atoms with Crippen LogP contribution in [-0.2, 0) is 4.79 Å². The van der Waals surface area contributed by atoms with E-state index in [4.69, 9.17) is 5.26 Å². The first-order valence-electron chi connectivity index (χ1n) is 6.82. The van der Waals surface area contributed by atoms with Crippen molar-refractivity contribution < 1.29 is 4.79 Å². The van der Waals surface area contributed by atoms with Gasteiger partial charge in [0.2, 0.25) is 5.91 Å². The lowest BCUT2D eigenvalue weighted by molar-refractivity contribution is -0.127. The second-order valence-corrected chi connectivity index (χ2v) is 5.35. The first kappa shape index (κ1) is 14.0. The molecule has 1 rings (SSSR count). The first-order valence-corrected chi connectivity index (χ1v) is 6.82. The second kappa shape index (κ2) is 6.64. The third-order valence-electron chi connectivity index (χ3n) is 4.00. The Labute approximate surface area is 105 Å². The highest BCUT2D eigenvalue weighted by atomic mass is 16.2. The topological polar surface area (TPSA) is 52.9 Å². The molecule has 0 aromatic rings. The molecule has 0 saturated heterocycles. The van der Waals surface area contributed by atoms with E-state index < -0.39 is 5.41 Å². The standard InChI is InChI=1S/C14H24N2O/c1-3-14(2,11-15)13(17)16-10-6-9-12-7-4-5-8-12/h12H,3-10H2,1-2H3,(H,16,17). The molecule has 0 spiro atoms. The smallest absolute Gasteiger partial charge is 0.240 e. The predicted molar refractivity (Wildman–Crippen MR) is 68.2 cm³/mol. The second-order valence-electron chi connectivity index (χ2n) is 5.35. The Kier molecular flexibility index (Phi) is 5.47. The lowest BCUT2D eigenvalue weighted by atomic mass is 9.88. The van der Waals surface area contributed by atoms with Crippen LogP contribution in [-0.4, -0.2) is 12.5 Å². The zero-order chi connectivity index (χ0) is 12.7. The van der Waals surface area contributed by atoms with Crippen molar-refractivity contribution >= 4 is 5.91 Å². The van der Waals surface area contributed by atoms with E-state index in [2.05, 4.69) is 11.4 Å². The molecule has 0 aromatic carbocycles. The van der Waals surface area contributed by atoms with Crippen LogP contribution >= 0.6 is 0 Å². The van der Waals surface area contributed by atoms with Crippen molar-refractivity contribution in [2.45, 2.75) is 58.8 Å². The minimum atomic E-state index is -0.854. The molecule has 1 amide bonds. The van der Waals surface area contributed by atoms with Crippen LogP contribution in [0, 0.1) is 22.7 Å². The summed E-state index contributed by atoms with van der Waals surface area (Å²) in [7, 11) is 0. The monoisotopic (exact) mass is 236 g/mol. The summed E-state index contributed by atoms with van der Waals surface area (Å²) < 4.78 is 0. The first-order chi connectivity index (χ1) is 8.12. The number of hydrogen-bond donors (Lipinski definition) is 1. The molecule has 1 fully saturated rings. The third kappa shape index (κ3) is 4.03. The summed E-state index contributed by atoms with van der Waals surface area (Å²) in [5.74, 6) is 0.759. The van der Waals surface area contributed by atoms with Gasteiger partial charge in [-0.1, -0.05) is 32.6 Å². The maximum atomic E-state index is 11.8. The van der Waals surface area contributed by atoms with Gasteiger partial charge < -0.3 is 5.32 Å². The minimum absolute atomic E-state index is 0.117. The molecule has 96 valence electrons. The Morgan fingerprint density at radius 1 is 1.47 bits per heavy atom. The summed E-state index contributed by atoms with van der Waals surface area (Å²) in [6, 6.07) is 2.10. The van der Waals surface area contributed by atoms with Crippen molar-refractivity contribution in [3.8, 4) is 6.07 Å². The van der Waals surface area contributed by atoms with Crippen LogP contribution in [0.2, 0.25) is 0 Å². The summed E-state index contributed by atoms with van der Waals surface area (Å²) in [4.78, 5) is 11.8. The number of nitriles is 1. The Bertz CT molecular complexity index is 289. The summed E-state index contributed by atoms with van der Waals surface area (Å²) in [5.41, 5.74) is -0.854. The normalized spacial score (nSPS) is 19.6. The zero-order valence-corrected chi connectivity index (χ0v) is 11.1. The molecule has 1 aliphatic rings. The van der Waals surface area contributed by atoms with Gasteiger partial charge in [-0.15, -0.1) is 0 Å². The molecule has 0 aromatic heterocycles. The van der Waals surface area contributed by atoms with Gasteiger partial charge in [-0.3, -0.25) is 4.79 Å². The van der Waals surface area contributed by atoms with Gasteiger partial charge in [0.05, 0.1) is 6.07 Å². The zero-order valence-electron chi connectivity index (χ0n) is 11.1. The van der Waals surface area contributed by atoms with E-state index in [9.17, 15) is 4.79 Å². The molecule has 0 heterocycles. The van der Waals surface area contributed by atoms with E-state index >= 15 is 0 Å². The molecule has 3 nitrogen and oxygen atoms in total. The van der Waals surface area contributed by atoms with Gasteiger partial charge in [-0.2, -0.15) is 5.26 Å². The molecule has 0 aliphatic heterocycles. The molecule has 1 N–H and O–H groups in total. The number of nitrogens with zero attached hydrogens (tertiary/aromatic N) is 1. The summed E-state index contributed by atoms with van der Waals surface area (Å²) in [6.07, 6.45) is 8.30. The molecule has 17 heavy (non-hydrogen) atoms. The van der Waals surface area contributed by atoms with Crippen LogP contribution in [0.1, 0.15) is 58.8 Å². The molecule has 1 unspecified atom stereocenters. The molecular formula is C14H24N2O. The fourth-order valence-corrected chi connectivity index (χ4v) is 2.38. The number of nitrogens with one attached hydrogen (secondary N) is 1. The van der Waals surface area contributed by atoms with E-state index in [1.54, 1.807) is 6.92 Å². The third-order valence-corrected chi connectivity index (χ3v) is 4.00. The van der Waals surface area contributed by atoms with Crippen LogP contribution < -0.4 is 5.32 Å². The Balaban J connectivity index is 2.17. The largest absolute Gasteiger partial charge is 0.355 e. The van der Waals surface area contributed by atoms with Crippen molar-refractivity contribution in [3.05, 3.63) is 0 Å². The Morgan fingerprint density at radius 3 is 2.65 bits per heavy atom. The van der Waals surface area contributed by atoms with E-state index in [0.717, 1.165) is 12.3 Å². The van der Waals surface area contributed by atoms with E-state index in [0.29, 0.717) is 13.0 Å². The summed E-state index contributed by atoms with van der Waals surface area (Å²) in [6.45, 7) is 4.30. The summed E-state index contributed by atoms with van der Waals surface area (Å²) >= 11 is 0. The van der Waals surface area contributed by atoms with Gasteiger partial charge in [-0.25, -0.2) is 0 Å². The number of carbonyl (C=O) groups excluding carboxylic acids is 1. The highest BCUT2D eigenvalue weighted by molar-refractivity contribution is 5.84. The fourth-order valence-electron chi connectivity index (χ4n) is 2.38. The number of rotatable bonds is 6. The molecule has 1 saturated carbocycles. The van der Waals surface area contributed by atoms with Gasteiger partial charge in [0.25, 0.3) is 0 Å². The maximum absolute atomic E-state index is 11.8.